The molecule has 5 rings (SSSR count). The van der Waals surface area contributed by atoms with Crippen LogP contribution in [-0.2, 0) is 22.2 Å². The van der Waals surface area contributed by atoms with Crippen molar-refractivity contribution in [3.63, 3.8) is 0 Å². The van der Waals surface area contributed by atoms with E-state index in [9.17, 15) is 31.9 Å². The van der Waals surface area contributed by atoms with Crippen LogP contribution in [-0.4, -0.2) is 45.3 Å². The zero-order valence-corrected chi connectivity index (χ0v) is 24.0. The number of para-hydroxylation sites is 1. The van der Waals surface area contributed by atoms with Crippen LogP contribution in [0, 0.1) is 5.82 Å². The quantitative estimate of drug-likeness (QED) is 0.179. The second kappa shape index (κ2) is 12.8. The fourth-order valence-electron chi connectivity index (χ4n) is 5.50. The minimum Gasteiger partial charge on any atom is -0.478 e. The van der Waals surface area contributed by atoms with Crippen LogP contribution in [0.25, 0.3) is 5.69 Å². The average Bonchev–Trinajstić information content (AvgIpc) is 3.39. The number of aliphatic carboxylic acids is 1. The highest BCUT2D eigenvalue weighted by atomic mass is 19.4. The van der Waals surface area contributed by atoms with Gasteiger partial charge in [-0.15, -0.1) is 0 Å². The van der Waals surface area contributed by atoms with Gasteiger partial charge in [0.1, 0.15) is 17.7 Å². The van der Waals surface area contributed by atoms with Gasteiger partial charge in [-0.2, -0.15) is 18.3 Å². The second-order valence-electron chi connectivity index (χ2n) is 10.4. The van der Waals surface area contributed by atoms with Crippen LogP contribution in [0.4, 0.5) is 23.4 Å². The van der Waals surface area contributed by atoms with Crippen molar-refractivity contribution >= 4 is 23.6 Å². The summed E-state index contributed by atoms with van der Waals surface area (Å²) in [6.45, 7) is 1.90. The highest BCUT2D eigenvalue weighted by Crippen LogP contribution is 2.44. The topological polar surface area (TPSA) is 105 Å². The smallest absolute Gasteiger partial charge is 0.416 e. The molecule has 0 radical (unpaired) electrons. The van der Waals surface area contributed by atoms with Gasteiger partial charge in [0.05, 0.1) is 16.9 Å². The van der Waals surface area contributed by atoms with E-state index in [1.807, 2.05) is 6.07 Å². The number of rotatable bonds is 9. The van der Waals surface area contributed by atoms with Crippen LogP contribution in [0.2, 0.25) is 0 Å². The molecular formula is C33H28F4N4O4. The zero-order valence-electron chi connectivity index (χ0n) is 24.0. The van der Waals surface area contributed by atoms with E-state index in [0.717, 1.165) is 18.2 Å². The summed E-state index contributed by atoms with van der Waals surface area (Å²) in [5.41, 5.74) is 0.844. The molecule has 1 aliphatic heterocycles. The molecule has 0 saturated carbocycles. The summed E-state index contributed by atoms with van der Waals surface area (Å²) in [4.78, 5) is 40.2. The molecule has 0 unspecified atom stereocenters. The molecular weight excluding hydrogens is 592 g/mol. The first-order valence-electron chi connectivity index (χ1n) is 14.1. The van der Waals surface area contributed by atoms with E-state index in [0.29, 0.717) is 34.4 Å². The maximum Gasteiger partial charge on any atom is 0.416 e. The van der Waals surface area contributed by atoms with Gasteiger partial charge in [0, 0.05) is 29.7 Å². The van der Waals surface area contributed by atoms with E-state index in [1.54, 1.807) is 35.9 Å². The van der Waals surface area contributed by atoms with Crippen molar-refractivity contribution in [1.82, 2.24) is 15.1 Å². The third-order valence-corrected chi connectivity index (χ3v) is 7.50. The number of allylic oxidation sites excluding steroid dienone is 1. The molecule has 2 atom stereocenters. The largest absolute Gasteiger partial charge is 0.478 e. The predicted octanol–water partition coefficient (Wildman–Crippen LogP) is 5.90. The number of fused-ring (bicyclic) bond motifs is 1. The lowest BCUT2D eigenvalue weighted by atomic mass is 9.80. The van der Waals surface area contributed by atoms with E-state index in [4.69, 9.17) is 10.2 Å². The van der Waals surface area contributed by atoms with Crippen molar-refractivity contribution in [2.75, 3.05) is 11.4 Å². The molecule has 1 aromatic heterocycles. The summed E-state index contributed by atoms with van der Waals surface area (Å²) < 4.78 is 55.9. The van der Waals surface area contributed by atoms with Gasteiger partial charge in [-0.1, -0.05) is 42.5 Å². The van der Waals surface area contributed by atoms with Crippen molar-refractivity contribution in [2.45, 2.75) is 37.9 Å². The van der Waals surface area contributed by atoms with Crippen molar-refractivity contribution < 1.29 is 37.1 Å². The number of hydrogen-bond donors (Lipinski definition) is 2. The van der Waals surface area contributed by atoms with Gasteiger partial charge < -0.3 is 10.4 Å². The zero-order chi connectivity index (χ0) is 32.3. The number of alkyl halides is 3. The Morgan fingerprint density at radius 2 is 1.73 bits per heavy atom. The normalized spacial score (nSPS) is 16.6. The Labute approximate surface area is 255 Å². The average molecular weight is 621 g/mol. The van der Waals surface area contributed by atoms with Crippen molar-refractivity contribution in [1.29, 1.82) is 0 Å². The number of likely N-dealkylation sites (N-methyl/N-ethyl adjacent to an activating group) is 1. The molecule has 0 saturated heterocycles. The minimum atomic E-state index is -4.68. The summed E-state index contributed by atoms with van der Waals surface area (Å²) in [6, 6.07) is 17.0. The SMILES string of the molecule is CCN1C(=O)[C@H](NC(=O)c2cccc(C(F)(F)F)c2)[C@H](c2ccc(F)cc2)c2c(CC/C=C/C(=O)O)nn(-c3ccccc3)c21. The van der Waals surface area contributed by atoms with Gasteiger partial charge in [0.15, 0.2) is 0 Å². The molecule has 3 aromatic carbocycles. The Kier molecular flexibility index (Phi) is 8.84. The van der Waals surface area contributed by atoms with Gasteiger partial charge >= 0.3 is 12.1 Å². The van der Waals surface area contributed by atoms with Crippen LogP contribution in [0.1, 0.15) is 52.0 Å². The fourth-order valence-corrected chi connectivity index (χ4v) is 5.50. The summed E-state index contributed by atoms with van der Waals surface area (Å²) in [6.07, 6.45) is -1.66. The minimum absolute atomic E-state index is 0.161. The van der Waals surface area contributed by atoms with E-state index in [-0.39, 0.29) is 24.9 Å². The lowest BCUT2D eigenvalue weighted by molar-refractivity contribution is -0.137. The van der Waals surface area contributed by atoms with Crippen molar-refractivity contribution in [3.8, 4) is 5.69 Å². The van der Waals surface area contributed by atoms with Crippen molar-refractivity contribution in [2.24, 2.45) is 0 Å². The molecule has 4 aromatic rings. The number of nitrogens with one attached hydrogen (secondary N) is 1. The van der Waals surface area contributed by atoms with Gasteiger partial charge in [0.25, 0.3) is 11.8 Å². The molecule has 0 aliphatic carbocycles. The van der Waals surface area contributed by atoms with E-state index in [2.05, 4.69) is 5.32 Å². The number of halogens is 4. The first kappa shape index (κ1) is 31.2. The molecule has 1 aliphatic rings. The maximum absolute atomic E-state index is 14.2. The second-order valence-corrected chi connectivity index (χ2v) is 10.4. The van der Waals surface area contributed by atoms with E-state index >= 15 is 0 Å². The Balaban J connectivity index is 1.68. The number of aromatic nitrogens is 2. The Morgan fingerprint density at radius 3 is 2.38 bits per heavy atom. The molecule has 0 spiro atoms. The predicted molar refractivity (Wildman–Crippen MR) is 158 cm³/mol. The molecule has 8 nitrogen and oxygen atoms in total. The third-order valence-electron chi connectivity index (χ3n) is 7.50. The standard InChI is InChI=1S/C33H28F4N4O4/c1-2-40-31-28(25(13-6-7-14-26(42)43)39-41(31)24-11-4-3-5-12-24)27(20-15-17-23(34)18-16-20)29(32(40)45)38-30(44)21-9-8-10-22(19-21)33(35,36)37/h3-5,7-12,14-19,27,29H,2,6,13H2,1H3,(H,38,44)(H,42,43)/b14-7+/t27-,29-/m1/s1. The lowest BCUT2D eigenvalue weighted by Gasteiger charge is -2.38. The molecule has 12 heteroatoms. The monoisotopic (exact) mass is 620 g/mol. The number of aryl methyl sites for hydroxylation is 1. The fraction of sp³-hybridized carbons (Fsp3) is 0.212. The van der Waals surface area contributed by atoms with E-state index < -0.39 is 47.3 Å². The molecule has 2 amide bonds. The molecule has 2 heterocycles. The number of carboxylic acids is 1. The molecule has 45 heavy (non-hydrogen) atoms. The van der Waals surface area contributed by atoms with Gasteiger partial charge in [-0.05, 0) is 67.8 Å². The Hall–Kier alpha value is -5.26. The van der Waals surface area contributed by atoms with E-state index in [1.165, 1.54) is 41.3 Å². The summed E-state index contributed by atoms with van der Waals surface area (Å²) >= 11 is 0. The Bertz CT molecular complexity index is 1750. The summed E-state index contributed by atoms with van der Waals surface area (Å²) in [7, 11) is 0. The van der Waals surface area contributed by atoms with Crippen LogP contribution >= 0.6 is 0 Å². The molecule has 0 fully saturated rings. The highest BCUT2D eigenvalue weighted by Gasteiger charge is 2.46. The number of carbonyl (C=O) groups is 3. The maximum atomic E-state index is 14.2. The van der Waals surface area contributed by atoms with Crippen molar-refractivity contribution in [3.05, 3.63) is 125 Å². The number of nitrogens with zero attached hydrogens (tertiary/aromatic N) is 3. The number of benzene rings is 3. The van der Waals surface area contributed by atoms with Crippen LogP contribution in [0.3, 0.4) is 0 Å². The first-order chi connectivity index (χ1) is 21.5. The molecule has 0 bridgehead atoms. The van der Waals surface area contributed by atoms with Crippen LogP contribution in [0.15, 0.2) is 91.0 Å². The summed E-state index contributed by atoms with van der Waals surface area (Å²) in [5.74, 6) is -3.57. The Morgan fingerprint density at radius 1 is 1.02 bits per heavy atom. The number of carboxylic acid groups (broad SMARTS) is 1. The number of hydrogen-bond acceptors (Lipinski definition) is 4. The van der Waals surface area contributed by atoms with Crippen LogP contribution in [0.5, 0.6) is 0 Å². The van der Waals surface area contributed by atoms with Gasteiger partial charge in [0.2, 0.25) is 0 Å². The summed E-state index contributed by atoms with van der Waals surface area (Å²) in [5, 5.41) is 16.6. The highest BCUT2D eigenvalue weighted by molar-refractivity contribution is 6.05. The third kappa shape index (κ3) is 6.49. The molecule has 232 valence electrons. The first-order valence-corrected chi connectivity index (χ1v) is 14.1. The van der Waals surface area contributed by atoms with Crippen LogP contribution < -0.4 is 10.2 Å². The number of amides is 2. The number of carbonyl (C=O) groups excluding carboxylic acids is 2. The van der Waals surface area contributed by atoms with Gasteiger partial charge in [-0.3, -0.25) is 14.5 Å². The lowest BCUT2D eigenvalue weighted by Crippen LogP contribution is -2.55. The molecule has 2 N–H and O–H groups in total. The van der Waals surface area contributed by atoms with Gasteiger partial charge in [-0.25, -0.2) is 13.9 Å². The number of anilines is 1.